The van der Waals surface area contributed by atoms with Crippen molar-refractivity contribution < 1.29 is 9.53 Å². The Kier molecular flexibility index (Phi) is 4.63. The summed E-state index contributed by atoms with van der Waals surface area (Å²) in [4.78, 5) is 16.1. The maximum atomic E-state index is 11.8. The molecule has 0 atom stereocenters. The van der Waals surface area contributed by atoms with Gasteiger partial charge < -0.3 is 9.64 Å². The third-order valence-corrected chi connectivity index (χ3v) is 4.56. The number of piperidine rings is 1. The fourth-order valence-electron chi connectivity index (χ4n) is 2.54. The molecule has 0 aromatic carbocycles. The number of nitrogens with zero attached hydrogens (tertiary/aromatic N) is 2. The van der Waals surface area contributed by atoms with E-state index in [1.165, 1.54) is 11.9 Å². The SMILES string of the molecule is CC(C)(C)OC(=O)N1CC(N2CCC(SN)CC2)C1. The molecule has 2 N–H and O–H groups in total. The van der Waals surface area contributed by atoms with Crippen molar-refractivity contribution in [3.8, 4) is 0 Å². The number of hydrogen-bond donors (Lipinski definition) is 1. The molecule has 6 heteroatoms. The minimum absolute atomic E-state index is 0.184. The molecule has 1 amide bonds. The van der Waals surface area contributed by atoms with Gasteiger partial charge in [-0.25, -0.2) is 4.79 Å². The van der Waals surface area contributed by atoms with Gasteiger partial charge in [-0.05, 0) is 46.7 Å². The number of likely N-dealkylation sites (tertiary alicyclic amines) is 2. The number of hydrogen-bond acceptors (Lipinski definition) is 5. The van der Waals surface area contributed by atoms with Gasteiger partial charge in [-0.15, -0.1) is 0 Å². The standard InChI is InChI=1S/C13H25N3O2S/c1-13(2,3)18-12(17)16-8-10(9-16)15-6-4-11(19-14)5-7-15/h10-11H,4-9,14H2,1-3H3. The second-order valence-corrected chi connectivity index (χ2v) is 7.35. The minimum Gasteiger partial charge on any atom is -0.444 e. The monoisotopic (exact) mass is 287 g/mol. The molecule has 2 saturated heterocycles. The second kappa shape index (κ2) is 5.89. The summed E-state index contributed by atoms with van der Waals surface area (Å²) in [6, 6.07) is 0.510. The third kappa shape index (κ3) is 4.00. The summed E-state index contributed by atoms with van der Waals surface area (Å²) in [6.07, 6.45) is 2.13. The van der Waals surface area contributed by atoms with E-state index in [-0.39, 0.29) is 6.09 Å². The first-order valence-electron chi connectivity index (χ1n) is 6.96. The van der Waals surface area contributed by atoms with Gasteiger partial charge in [0, 0.05) is 24.4 Å². The Labute approximate surface area is 120 Å². The quantitative estimate of drug-likeness (QED) is 0.783. The Balaban J connectivity index is 1.70. The summed E-state index contributed by atoms with van der Waals surface area (Å²) in [5, 5.41) is 6.23. The van der Waals surface area contributed by atoms with Crippen molar-refractivity contribution in [2.45, 2.75) is 50.5 Å². The van der Waals surface area contributed by atoms with Crippen LogP contribution in [0.3, 0.4) is 0 Å². The van der Waals surface area contributed by atoms with Gasteiger partial charge >= 0.3 is 6.09 Å². The minimum atomic E-state index is -0.404. The van der Waals surface area contributed by atoms with E-state index in [4.69, 9.17) is 9.88 Å². The lowest BCUT2D eigenvalue weighted by Gasteiger charge is -2.47. The Hall–Kier alpha value is -0.460. The summed E-state index contributed by atoms with van der Waals surface area (Å²) in [5.41, 5.74) is -0.404. The maximum absolute atomic E-state index is 11.8. The molecule has 2 aliphatic heterocycles. The molecule has 0 spiro atoms. The zero-order valence-electron chi connectivity index (χ0n) is 12.1. The number of ether oxygens (including phenoxy) is 1. The highest BCUT2D eigenvalue weighted by atomic mass is 32.2. The largest absolute Gasteiger partial charge is 0.444 e. The summed E-state index contributed by atoms with van der Waals surface area (Å²) in [5.74, 6) is 0. The van der Waals surface area contributed by atoms with Crippen molar-refractivity contribution in [3.05, 3.63) is 0 Å². The van der Waals surface area contributed by atoms with Crippen molar-refractivity contribution in [2.75, 3.05) is 26.2 Å². The summed E-state index contributed by atoms with van der Waals surface area (Å²) >= 11 is 1.49. The van der Waals surface area contributed by atoms with Crippen LogP contribution in [-0.2, 0) is 4.74 Å². The fraction of sp³-hybridized carbons (Fsp3) is 0.923. The number of rotatable bonds is 2. The van der Waals surface area contributed by atoms with Crippen LogP contribution in [0.4, 0.5) is 4.79 Å². The normalized spacial score (nSPS) is 23.3. The van der Waals surface area contributed by atoms with E-state index in [0.29, 0.717) is 11.3 Å². The molecule has 0 unspecified atom stereocenters. The van der Waals surface area contributed by atoms with Crippen LogP contribution in [0.15, 0.2) is 0 Å². The van der Waals surface area contributed by atoms with Gasteiger partial charge in [-0.2, -0.15) is 0 Å². The van der Waals surface area contributed by atoms with Crippen molar-refractivity contribution in [1.29, 1.82) is 0 Å². The number of carbonyl (C=O) groups is 1. The highest BCUT2D eigenvalue weighted by Crippen LogP contribution is 2.25. The van der Waals surface area contributed by atoms with Crippen LogP contribution >= 0.6 is 11.9 Å². The Morgan fingerprint density at radius 2 is 1.84 bits per heavy atom. The van der Waals surface area contributed by atoms with E-state index < -0.39 is 5.60 Å². The van der Waals surface area contributed by atoms with Crippen LogP contribution in [0.2, 0.25) is 0 Å². The Morgan fingerprint density at radius 3 is 2.32 bits per heavy atom. The van der Waals surface area contributed by atoms with Gasteiger partial charge in [0.15, 0.2) is 0 Å². The van der Waals surface area contributed by atoms with E-state index >= 15 is 0 Å². The van der Waals surface area contributed by atoms with Crippen LogP contribution in [0.25, 0.3) is 0 Å². The van der Waals surface area contributed by atoms with Crippen LogP contribution in [-0.4, -0.2) is 59.0 Å². The smallest absolute Gasteiger partial charge is 0.410 e. The van der Waals surface area contributed by atoms with Crippen LogP contribution < -0.4 is 5.14 Å². The fourth-order valence-corrected chi connectivity index (χ4v) is 3.02. The van der Waals surface area contributed by atoms with Crippen molar-refractivity contribution in [1.82, 2.24) is 9.80 Å². The molecule has 0 aromatic rings. The van der Waals surface area contributed by atoms with Gasteiger partial charge in [0.2, 0.25) is 0 Å². The number of nitrogens with two attached hydrogens (primary N) is 1. The molecule has 0 aromatic heterocycles. The van der Waals surface area contributed by atoms with E-state index in [2.05, 4.69) is 4.90 Å². The van der Waals surface area contributed by atoms with E-state index in [9.17, 15) is 4.79 Å². The molecular weight excluding hydrogens is 262 g/mol. The van der Waals surface area contributed by atoms with Crippen LogP contribution in [0.1, 0.15) is 33.6 Å². The van der Waals surface area contributed by atoms with Crippen molar-refractivity contribution in [3.63, 3.8) is 0 Å². The van der Waals surface area contributed by atoms with Crippen LogP contribution in [0.5, 0.6) is 0 Å². The third-order valence-electron chi connectivity index (χ3n) is 3.70. The van der Waals surface area contributed by atoms with E-state index in [1.807, 2.05) is 20.8 Å². The zero-order chi connectivity index (χ0) is 14.0. The average molecular weight is 287 g/mol. The molecule has 5 nitrogen and oxygen atoms in total. The lowest BCUT2D eigenvalue weighted by Crippen LogP contribution is -2.62. The topological polar surface area (TPSA) is 58.8 Å². The first-order valence-corrected chi connectivity index (χ1v) is 7.91. The molecular formula is C13H25N3O2S. The molecule has 19 heavy (non-hydrogen) atoms. The Bertz CT molecular complexity index is 318. The lowest BCUT2D eigenvalue weighted by molar-refractivity contribution is -0.0183. The predicted octanol–water partition coefficient (Wildman–Crippen LogP) is 1.68. The van der Waals surface area contributed by atoms with Gasteiger partial charge in [0.05, 0.1) is 0 Å². The molecule has 2 heterocycles. The summed E-state index contributed by atoms with van der Waals surface area (Å²) in [7, 11) is 0. The first kappa shape index (κ1) is 14.9. The molecule has 2 aliphatic rings. The zero-order valence-corrected chi connectivity index (χ0v) is 12.9. The van der Waals surface area contributed by atoms with Crippen molar-refractivity contribution >= 4 is 18.0 Å². The molecule has 2 fully saturated rings. The maximum Gasteiger partial charge on any atom is 0.410 e. The second-order valence-electron chi connectivity index (χ2n) is 6.41. The number of amides is 1. The Morgan fingerprint density at radius 1 is 1.26 bits per heavy atom. The van der Waals surface area contributed by atoms with E-state index in [1.54, 1.807) is 4.90 Å². The highest BCUT2D eigenvalue weighted by molar-refractivity contribution is 7.97. The summed E-state index contributed by atoms with van der Waals surface area (Å²) < 4.78 is 5.36. The highest BCUT2D eigenvalue weighted by Gasteiger charge is 2.38. The molecule has 0 saturated carbocycles. The van der Waals surface area contributed by atoms with Gasteiger partial charge in [0.25, 0.3) is 0 Å². The summed E-state index contributed by atoms with van der Waals surface area (Å²) in [6.45, 7) is 9.50. The van der Waals surface area contributed by atoms with Crippen molar-refractivity contribution in [2.24, 2.45) is 5.14 Å². The lowest BCUT2D eigenvalue weighted by atomic mass is 10.0. The molecule has 110 valence electrons. The van der Waals surface area contributed by atoms with Crippen LogP contribution in [0, 0.1) is 0 Å². The van der Waals surface area contributed by atoms with Gasteiger partial charge in [-0.3, -0.25) is 10.0 Å². The molecule has 0 aliphatic carbocycles. The first-order chi connectivity index (χ1) is 8.89. The molecule has 0 radical (unpaired) electrons. The average Bonchev–Trinajstić information content (AvgIpc) is 2.25. The molecule has 2 rings (SSSR count). The molecule has 0 bridgehead atoms. The van der Waals surface area contributed by atoms with Gasteiger partial charge in [-0.1, -0.05) is 11.9 Å². The van der Waals surface area contributed by atoms with E-state index in [0.717, 1.165) is 39.0 Å². The van der Waals surface area contributed by atoms with Gasteiger partial charge in [0.1, 0.15) is 5.60 Å². The number of carbonyl (C=O) groups excluding carboxylic acids is 1. The predicted molar refractivity (Wildman–Crippen MR) is 78.0 cm³/mol.